The van der Waals surface area contributed by atoms with Gasteiger partial charge in [-0.25, -0.2) is 0 Å². The molecule has 0 aromatic heterocycles. The Morgan fingerprint density at radius 1 is 1.67 bits per heavy atom. The molecule has 0 fully saturated rings. The van der Waals surface area contributed by atoms with Crippen LogP contribution < -0.4 is 5.32 Å². The van der Waals surface area contributed by atoms with Crippen molar-refractivity contribution in [3.8, 4) is 0 Å². The molecule has 0 heterocycles. The van der Waals surface area contributed by atoms with Crippen molar-refractivity contribution in [3.63, 3.8) is 0 Å². The van der Waals surface area contributed by atoms with Crippen LogP contribution >= 0.6 is 27.7 Å². The van der Waals surface area contributed by atoms with E-state index in [-0.39, 0.29) is 5.91 Å². The largest absolute Gasteiger partial charge is 0.353 e. The number of halogens is 1. The highest BCUT2D eigenvalue weighted by molar-refractivity contribution is 9.09. The molecule has 0 radical (unpaired) electrons. The number of alkyl halides is 1. The fraction of sp³-hybridized carbons (Fsp3) is 0.875. The lowest BCUT2D eigenvalue weighted by Crippen LogP contribution is -2.35. The molecule has 1 amide bonds. The van der Waals surface area contributed by atoms with Crippen molar-refractivity contribution >= 4 is 33.6 Å². The average Bonchev–Trinajstić information content (AvgIpc) is 2.04. The second-order valence-corrected chi connectivity index (χ2v) is 4.24. The molecule has 1 N–H and O–H groups in total. The molecule has 0 aromatic carbocycles. The lowest BCUT2D eigenvalue weighted by atomic mass is 10.2. The van der Waals surface area contributed by atoms with Gasteiger partial charge in [-0.2, -0.15) is 11.8 Å². The van der Waals surface area contributed by atoms with E-state index in [0.29, 0.717) is 11.8 Å². The van der Waals surface area contributed by atoms with Crippen LogP contribution in [-0.4, -0.2) is 29.3 Å². The summed E-state index contributed by atoms with van der Waals surface area (Å²) in [6.07, 6.45) is 3.95. The van der Waals surface area contributed by atoms with Gasteiger partial charge in [0, 0.05) is 11.4 Å². The SMILES string of the molecule is CCC(CCBr)NC(=O)CSC. The van der Waals surface area contributed by atoms with Crippen molar-refractivity contribution < 1.29 is 4.79 Å². The first-order valence-corrected chi connectivity index (χ1v) is 6.60. The van der Waals surface area contributed by atoms with Crippen molar-refractivity contribution in [1.29, 1.82) is 0 Å². The number of amides is 1. The molecule has 0 saturated heterocycles. The van der Waals surface area contributed by atoms with E-state index in [2.05, 4.69) is 28.2 Å². The van der Waals surface area contributed by atoms with Crippen LogP contribution in [-0.2, 0) is 4.79 Å². The number of hydrogen-bond donors (Lipinski definition) is 1. The molecular formula is C8H16BrNOS. The second-order valence-electron chi connectivity index (χ2n) is 2.58. The molecule has 0 bridgehead atoms. The van der Waals surface area contributed by atoms with E-state index in [1.807, 2.05) is 6.26 Å². The lowest BCUT2D eigenvalue weighted by Gasteiger charge is -2.14. The molecule has 0 aliphatic carbocycles. The summed E-state index contributed by atoms with van der Waals surface area (Å²) in [6.45, 7) is 2.09. The van der Waals surface area contributed by atoms with E-state index < -0.39 is 0 Å². The zero-order valence-electron chi connectivity index (χ0n) is 7.60. The maximum Gasteiger partial charge on any atom is 0.230 e. The maximum absolute atomic E-state index is 11.1. The first kappa shape index (κ1) is 12.3. The lowest BCUT2D eigenvalue weighted by molar-refractivity contribution is -0.119. The predicted molar refractivity (Wildman–Crippen MR) is 59.0 cm³/mol. The summed E-state index contributed by atoms with van der Waals surface area (Å²) in [7, 11) is 0. The Bertz CT molecular complexity index is 132. The Morgan fingerprint density at radius 3 is 2.75 bits per heavy atom. The Morgan fingerprint density at radius 2 is 2.33 bits per heavy atom. The van der Waals surface area contributed by atoms with Gasteiger partial charge < -0.3 is 5.32 Å². The maximum atomic E-state index is 11.1. The third-order valence-corrected chi connectivity index (χ3v) is 2.60. The van der Waals surface area contributed by atoms with Gasteiger partial charge in [0.15, 0.2) is 0 Å². The van der Waals surface area contributed by atoms with E-state index in [1.165, 1.54) is 0 Å². The highest BCUT2D eigenvalue weighted by Crippen LogP contribution is 2.01. The number of hydrogen-bond acceptors (Lipinski definition) is 2. The Labute approximate surface area is 87.0 Å². The molecule has 1 unspecified atom stereocenters. The van der Waals surface area contributed by atoms with E-state index >= 15 is 0 Å². The molecule has 1 atom stereocenters. The fourth-order valence-corrected chi connectivity index (χ4v) is 1.81. The summed E-state index contributed by atoms with van der Waals surface area (Å²) in [5, 5.41) is 3.93. The molecular weight excluding hydrogens is 238 g/mol. The molecule has 12 heavy (non-hydrogen) atoms. The van der Waals surface area contributed by atoms with Crippen molar-refractivity contribution in [3.05, 3.63) is 0 Å². The highest BCUT2D eigenvalue weighted by Gasteiger charge is 2.08. The van der Waals surface area contributed by atoms with Gasteiger partial charge in [-0.05, 0) is 19.1 Å². The number of carbonyl (C=O) groups is 1. The van der Waals surface area contributed by atoms with Crippen molar-refractivity contribution in [1.82, 2.24) is 5.32 Å². The van der Waals surface area contributed by atoms with Gasteiger partial charge in [-0.3, -0.25) is 4.79 Å². The predicted octanol–water partition coefficient (Wildman–Crippen LogP) is 2.03. The van der Waals surface area contributed by atoms with E-state index in [0.717, 1.165) is 18.2 Å². The second kappa shape index (κ2) is 7.92. The van der Waals surface area contributed by atoms with Crippen molar-refractivity contribution in [2.24, 2.45) is 0 Å². The van der Waals surface area contributed by atoms with Gasteiger partial charge in [0.05, 0.1) is 5.75 Å². The van der Waals surface area contributed by atoms with Gasteiger partial charge in [0.2, 0.25) is 5.91 Å². The van der Waals surface area contributed by atoms with Crippen LogP contribution in [0.2, 0.25) is 0 Å². The highest BCUT2D eigenvalue weighted by atomic mass is 79.9. The van der Waals surface area contributed by atoms with Gasteiger partial charge in [0.1, 0.15) is 0 Å². The van der Waals surface area contributed by atoms with Gasteiger partial charge in [-0.1, -0.05) is 22.9 Å². The van der Waals surface area contributed by atoms with Gasteiger partial charge in [0.25, 0.3) is 0 Å². The molecule has 0 aromatic rings. The zero-order chi connectivity index (χ0) is 9.40. The van der Waals surface area contributed by atoms with Crippen LogP contribution in [0.15, 0.2) is 0 Å². The number of thioether (sulfide) groups is 1. The number of rotatable bonds is 6. The monoisotopic (exact) mass is 253 g/mol. The van der Waals surface area contributed by atoms with Crippen LogP contribution in [0.25, 0.3) is 0 Å². The van der Waals surface area contributed by atoms with Crippen LogP contribution in [0, 0.1) is 0 Å². The third-order valence-electron chi connectivity index (χ3n) is 1.59. The zero-order valence-corrected chi connectivity index (χ0v) is 10.0. The van der Waals surface area contributed by atoms with Crippen molar-refractivity contribution in [2.75, 3.05) is 17.3 Å². The minimum Gasteiger partial charge on any atom is -0.353 e. The van der Waals surface area contributed by atoms with Crippen LogP contribution in [0.3, 0.4) is 0 Å². The first-order valence-electron chi connectivity index (χ1n) is 4.08. The minimum atomic E-state index is 0.148. The molecule has 0 aliphatic rings. The van der Waals surface area contributed by atoms with E-state index in [4.69, 9.17) is 0 Å². The van der Waals surface area contributed by atoms with E-state index in [1.54, 1.807) is 11.8 Å². The van der Waals surface area contributed by atoms with Crippen molar-refractivity contribution in [2.45, 2.75) is 25.8 Å². The van der Waals surface area contributed by atoms with E-state index in [9.17, 15) is 4.79 Å². The standard InChI is InChI=1S/C8H16BrNOS/c1-3-7(4-5-9)10-8(11)6-12-2/h7H,3-6H2,1-2H3,(H,10,11). The smallest absolute Gasteiger partial charge is 0.230 e. The van der Waals surface area contributed by atoms with Crippen LogP contribution in [0.5, 0.6) is 0 Å². The third kappa shape index (κ3) is 5.89. The summed E-state index contributed by atoms with van der Waals surface area (Å²) < 4.78 is 0. The Balaban J connectivity index is 3.61. The number of nitrogens with one attached hydrogen (secondary N) is 1. The summed E-state index contributed by atoms with van der Waals surface area (Å²) in [5.41, 5.74) is 0. The summed E-state index contributed by atoms with van der Waals surface area (Å²) in [6, 6.07) is 0.337. The normalized spacial score (nSPS) is 12.6. The van der Waals surface area contributed by atoms with Gasteiger partial charge >= 0.3 is 0 Å². The fourth-order valence-electron chi connectivity index (χ4n) is 0.910. The molecule has 0 rings (SSSR count). The summed E-state index contributed by atoms with van der Waals surface area (Å²) in [4.78, 5) is 11.1. The Hall–Kier alpha value is 0.300. The number of carbonyl (C=O) groups excluding carboxylic acids is 1. The molecule has 2 nitrogen and oxygen atoms in total. The minimum absolute atomic E-state index is 0.148. The topological polar surface area (TPSA) is 29.1 Å². The molecule has 0 spiro atoms. The van der Waals surface area contributed by atoms with Crippen LogP contribution in [0.4, 0.5) is 0 Å². The average molecular weight is 254 g/mol. The summed E-state index contributed by atoms with van der Waals surface area (Å²) >= 11 is 4.92. The quantitative estimate of drug-likeness (QED) is 0.735. The molecule has 4 heteroatoms. The van der Waals surface area contributed by atoms with Crippen LogP contribution in [0.1, 0.15) is 19.8 Å². The molecule has 72 valence electrons. The first-order chi connectivity index (χ1) is 5.74. The summed E-state index contributed by atoms with van der Waals surface area (Å²) in [5.74, 6) is 0.717. The molecule has 0 aliphatic heterocycles. The Kier molecular flexibility index (Phi) is 8.12. The molecule has 0 saturated carbocycles. The van der Waals surface area contributed by atoms with Gasteiger partial charge in [-0.15, -0.1) is 0 Å².